The van der Waals surface area contributed by atoms with Crippen LogP contribution >= 0.6 is 0 Å². The molecule has 0 aliphatic carbocycles. The summed E-state index contributed by atoms with van der Waals surface area (Å²) >= 11 is 0. The standard InChI is InChI=1S/C13H12F3N3O/c1-2-8-3-5-9(6-4-8)18-12(20)10-7-17-19-11(10)13(14,15)16/h3-7H,2H2,1H3,(H,17,19)(H,18,20). The molecule has 2 aromatic rings. The molecular weight excluding hydrogens is 271 g/mol. The smallest absolute Gasteiger partial charge is 0.322 e. The summed E-state index contributed by atoms with van der Waals surface area (Å²) in [5, 5.41) is 7.48. The zero-order valence-corrected chi connectivity index (χ0v) is 10.6. The second-order valence-electron chi connectivity index (χ2n) is 4.16. The molecule has 20 heavy (non-hydrogen) atoms. The number of carbonyl (C=O) groups is 1. The first-order valence-electron chi connectivity index (χ1n) is 5.92. The van der Waals surface area contributed by atoms with Gasteiger partial charge in [-0.3, -0.25) is 9.89 Å². The van der Waals surface area contributed by atoms with Crippen molar-refractivity contribution in [3.05, 3.63) is 47.3 Å². The molecule has 1 heterocycles. The predicted molar refractivity (Wildman–Crippen MR) is 67.4 cm³/mol. The number of halogens is 3. The van der Waals surface area contributed by atoms with E-state index in [1.807, 2.05) is 6.92 Å². The molecule has 0 spiro atoms. The number of aryl methyl sites for hydroxylation is 1. The lowest BCUT2D eigenvalue weighted by Crippen LogP contribution is -2.17. The van der Waals surface area contributed by atoms with E-state index in [1.54, 1.807) is 29.4 Å². The fraction of sp³-hybridized carbons (Fsp3) is 0.231. The molecule has 2 rings (SSSR count). The van der Waals surface area contributed by atoms with Gasteiger partial charge in [-0.05, 0) is 24.1 Å². The molecule has 1 aromatic carbocycles. The normalized spacial score (nSPS) is 11.4. The van der Waals surface area contributed by atoms with Crippen molar-refractivity contribution in [3.63, 3.8) is 0 Å². The van der Waals surface area contributed by atoms with Gasteiger partial charge in [0.2, 0.25) is 0 Å². The summed E-state index contributed by atoms with van der Waals surface area (Å²) in [7, 11) is 0. The summed E-state index contributed by atoms with van der Waals surface area (Å²) in [5.41, 5.74) is -0.180. The van der Waals surface area contributed by atoms with Crippen molar-refractivity contribution in [2.75, 3.05) is 5.32 Å². The number of rotatable bonds is 3. The molecule has 0 bridgehead atoms. The maximum Gasteiger partial charge on any atom is 0.433 e. The molecule has 0 atom stereocenters. The number of nitrogens with one attached hydrogen (secondary N) is 2. The van der Waals surface area contributed by atoms with E-state index in [1.165, 1.54) is 0 Å². The van der Waals surface area contributed by atoms with Gasteiger partial charge in [0.15, 0.2) is 5.69 Å². The molecule has 2 N–H and O–H groups in total. The number of aromatic amines is 1. The van der Waals surface area contributed by atoms with Gasteiger partial charge < -0.3 is 5.32 Å². The first kappa shape index (κ1) is 14.1. The lowest BCUT2D eigenvalue weighted by molar-refractivity contribution is -0.141. The van der Waals surface area contributed by atoms with Crippen LogP contribution < -0.4 is 5.32 Å². The Balaban J connectivity index is 2.18. The van der Waals surface area contributed by atoms with Crippen LogP contribution in [-0.2, 0) is 12.6 Å². The molecular formula is C13H12F3N3O. The van der Waals surface area contributed by atoms with Gasteiger partial charge in [-0.25, -0.2) is 0 Å². The Bertz CT molecular complexity index is 602. The van der Waals surface area contributed by atoms with Gasteiger partial charge in [-0.15, -0.1) is 0 Å². The fourth-order valence-electron chi connectivity index (χ4n) is 1.70. The highest BCUT2D eigenvalue weighted by atomic mass is 19.4. The van der Waals surface area contributed by atoms with Crippen molar-refractivity contribution in [2.24, 2.45) is 0 Å². The number of amides is 1. The van der Waals surface area contributed by atoms with Crippen molar-refractivity contribution < 1.29 is 18.0 Å². The van der Waals surface area contributed by atoms with Gasteiger partial charge >= 0.3 is 6.18 Å². The Hall–Kier alpha value is -2.31. The van der Waals surface area contributed by atoms with E-state index in [-0.39, 0.29) is 0 Å². The van der Waals surface area contributed by atoms with Crippen molar-refractivity contribution in [1.29, 1.82) is 0 Å². The number of carbonyl (C=O) groups excluding carboxylic acids is 1. The predicted octanol–water partition coefficient (Wildman–Crippen LogP) is 3.24. The Kier molecular flexibility index (Phi) is 3.78. The van der Waals surface area contributed by atoms with Crippen molar-refractivity contribution >= 4 is 11.6 Å². The highest BCUT2D eigenvalue weighted by molar-refractivity contribution is 6.05. The number of alkyl halides is 3. The van der Waals surface area contributed by atoms with Crippen LogP contribution in [0.4, 0.5) is 18.9 Å². The Morgan fingerprint density at radius 1 is 1.30 bits per heavy atom. The lowest BCUT2D eigenvalue weighted by Gasteiger charge is -2.08. The molecule has 0 saturated carbocycles. The molecule has 1 amide bonds. The average Bonchev–Trinajstić information content (AvgIpc) is 2.89. The molecule has 106 valence electrons. The first-order valence-corrected chi connectivity index (χ1v) is 5.92. The summed E-state index contributed by atoms with van der Waals surface area (Å²) in [6.07, 6.45) is -2.94. The molecule has 0 fully saturated rings. The van der Waals surface area contributed by atoms with E-state index in [0.29, 0.717) is 5.69 Å². The van der Waals surface area contributed by atoms with Crippen LogP contribution in [0.3, 0.4) is 0 Å². The summed E-state index contributed by atoms with van der Waals surface area (Å²) in [5.74, 6) is -0.852. The van der Waals surface area contributed by atoms with E-state index in [9.17, 15) is 18.0 Å². The topological polar surface area (TPSA) is 57.8 Å². The molecule has 1 aromatic heterocycles. The van der Waals surface area contributed by atoms with Crippen LogP contribution in [0.5, 0.6) is 0 Å². The second-order valence-corrected chi connectivity index (χ2v) is 4.16. The van der Waals surface area contributed by atoms with Crippen molar-refractivity contribution in [3.8, 4) is 0 Å². The minimum absolute atomic E-state index is 0.432. The average molecular weight is 283 g/mol. The van der Waals surface area contributed by atoms with E-state index in [2.05, 4.69) is 10.4 Å². The molecule has 0 aliphatic heterocycles. The van der Waals surface area contributed by atoms with Gasteiger partial charge in [0, 0.05) is 5.69 Å². The van der Waals surface area contributed by atoms with Crippen LogP contribution in [0.2, 0.25) is 0 Å². The van der Waals surface area contributed by atoms with Crippen molar-refractivity contribution in [1.82, 2.24) is 10.2 Å². The summed E-state index contributed by atoms with van der Waals surface area (Å²) in [6, 6.07) is 6.89. The maximum absolute atomic E-state index is 12.6. The fourth-order valence-corrected chi connectivity index (χ4v) is 1.70. The van der Waals surface area contributed by atoms with Gasteiger partial charge in [-0.2, -0.15) is 18.3 Å². The molecule has 0 aliphatic rings. The lowest BCUT2D eigenvalue weighted by atomic mass is 10.1. The number of hydrogen-bond donors (Lipinski definition) is 2. The van der Waals surface area contributed by atoms with E-state index < -0.39 is 23.3 Å². The SMILES string of the molecule is CCc1ccc(NC(=O)c2cn[nH]c2C(F)(F)F)cc1. The van der Waals surface area contributed by atoms with Crippen LogP contribution in [0.15, 0.2) is 30.5 Å². The maximum atomic E-state index is 12.6. The van der Waals surface area contributed by atoms with Gasteiger partial charge in [0.1, 0.15) is 0 Å². The minimum atomic E-state index is -4.64. The Labute approximate surface area is 113 Å². The quantitative estimate of drug-likeness (QED) is 0.908. The second kappa shape index (κ2) is 5.36. The number of H-pyrrole nitrogens is 1. The third-order valence-electron chi connectivity index (χ3n) is 2.79. The third kappa shape index (κ3) is 2.98. The molecule has 7 heteroatoms. The van der Waals surface area contributed by atoms with Crippen LogP contribution in [0.25, 0.3) is 0 Å². The first-order chi connectivity index (χ1) is 9.41. The zero-order valence-electron chi connectivity index (χ0n) is 10.6. The Morgan fingerprint density at radius 2 is 1.95 bits per heavy atom. The Morgan fingerprint density at radius 3 is 2.50 bits per heavy atom. The summed E-state index contributed by atoms with van der Waals surface area (Å²) in [4.78, 5) is 11.8. The molecule has 0 unspecified atom stereocenters. The minimum Gasteiger partial charge on any atom is -0.322 e. The van der Waals surface area contributed by atoms with Gasteiger partial charge in [0.25, 0.3) is 5.91 Å². The highest BCUT2D eigenvalue weighted by Gasteiger charge is 2.37. The van der Waals surface area contributed by atoms with Crippen LogP contribution in [0, 0.1) is 0 Å². The largest absolute Gasteiger partial charge is 0.433 e. The molecule has 4 nitrogen and oxygen atoms in total. The monoisotopic (exact) mass is 283 g/mol. The molecule has 0 saturated heterocycles. The molecule has 0 radical (unpaired) electrons. The van der Waals surface area contributed by atoms with Gasteiger partial charge in [0.05, 0.1) is 11.8 Å². The summed E-state index contributed by atoms with van der Waals surface area (Å²) < 4.78 is 37.9. The van der Waals surface area contributed by atoms with Crippen molar-refractivity contribution in [2.45, 2.75) is 19.5 Å². The number of anilines is 1. The number of benzene rings is 1. The number of aromatic nitrogens is 2. The van der Waals surface area contributed by atoms with Crippen LogP contribution in [-0.4, -0.2) is 16.1 Å². The van der Waals surface area contributed by atoms with E-state index in [0.717, 1.165) is 18.2 Å². The summed E-state index contributed by atoms with van der Waals surface area (Å²) in [6.45, 7) is 1.98. The van der Waals surface area contributed by atoms with Gasteiger partial charge in [-0.1, -0.05) is 19.1 Å². The highest BCUT2D eigenvalue weighted by Crippen LogP contribution is 2.30. The number of nitrogens with zero attached hydrogens (tertiary/aromatic N) is 1. The zero-order chi connectivity index (χ0) is 14.8. The van der Waals surface area contributed by atoms with E-state index >= 15 is 0 Å². The van der Waals surface area contributed by atoms with E-state index in [4.69, 9.17) is 0 Å². The third-order valence-corrected chi connectivity index (χ3v) is 2.79. The number of hydrogen-bond acceptors (Lipinski definition) is 2. The van der Waals surface area contributed by atoms with Crippen LogP contribution in [0.1, 0.15) is 28.5 Å².